The number of nitriles is 1. The van der Waals surface area contributed by atoms with Gasteiger partial charge < -0.3 is 25.2 Å². The summed E-state index contributed by atoms with van der Waals surface area (Å²) >= 11 is 0. The van der Waals surface area contributed by atoms with Crippen LogP contribution in [0, 0.1) is 28.9 Å². The number of amides is 2. The Morgan fingerprint density at radius 3 is 2.55 bits per heavy atom. The number of carbonyl (C=O) groups excluding carboxylic acids is 2. The van der Waals surface area contributed by atoms with Crippen LogP contribution in [0.3, 0.4) is 0 Å². The van der Waals surface area contributed by atoms with Crippen molar-refractivity contribution in [2.45, 2.75) is 44.2 Å². The van der Waals surface area contributed by atoms with Gasteiger partial charge in [0.05, 0.1) is 23.2 Å². The van der Waals surface area contributed by atoms with Crippen molar-refractivity contribution in [3.63, 3.8) is 0 Å². The van der Waals surface area contributed by atoms with E-state index in [0.717, 1.165) is 13.0 Å². The lowest BCUT2D eigenvalue weighted by Gasteiger charge is -2.37. The summed E-state index contributed by atoms with van der Waals surface area (Å²) in [5.41, 5.74) is 1.83. The van der Waals surface area contributed by atoms with Crippen LogP contribution in [0.15, 0.2) is 60.7 Å². The zero-order chi connectivity index (χ0) is 37.1. The number of aryl methyl sites for hydroxylation is 2. The molecular formula is C41H37F2N7O3. The number of carbonyl (C=O) groups is 2. The van der Waals surface area contributed by atoms with Crippen LogP contribution in [-0.2, 0) is 17.6 Å². The van der Waals surface area contributed by atoms with Crippen molar-refractivity contribution in [2.24, 2.45) is 5.92 Å². The van der Waals surface area contributed by atoms with Gasteiger partial charge in [0.2, 0.25) is 5.91 Å². The van der Waals surface area contributed by atoms with Gasteiger partial charge in [-0.05, 0) is 71.0 Å². The molecule has 3 unspecified atom stereocenters. The molecule has 6 aromatic rings. The van der Waals surface area contributed by atoms with E-state index in [4.69, 9.17) is 9.97 Å². The summed E-state index contributed by atoms with van der Waals surface area (Å²) in [7, 11) is 4.80. The van der Waals surface area contributed by atoms with Gasteiger partial charge in [0.15, 0.2) is 5.82 Å². The predicted octanol–water partition coefficient (Wildman–Crippen LogP) is 6.42. The second-order valence-corrected chi connectivity index (χ2v) is 14.1. The summed E-state index contributed by atoms with van der Waals surface area (Å²) in [4.78, 5) is 37.1. The van der Waals surface area contributed by atoms with E-state index in [0.29, 0.717) is 44.1 Å². The molecule has 53 heavy (non-hydrogen) atoms. The summed E-state index contributed by atoms with van der Waals surface area (Å²) in [6.45, 7) is 0.792. The number of phenolic OH excluding ortho intramolecular Hbond substituents is 1. The fraction of sp³-hybridized carbons (Fsp3) is 0.293. The highest BCUT2D eigenvalue weighted by Gasteiger charge is 2.49. The van der Waals surface area contributed by atoms with Gasteiger partial charge in [-0.15, -0.1) is 0 Å². The number of aromatic nitrogens is 3. The van der Waals surface area contributed by atoms with Gasteiger partial charge in [0.1, 0.15) is 34.1 Å². The van der Waals surface area contributed by atoms with E-state index >= 15 is 8.78 Å². The number of hydrogen-bond acceptors (Lipinski definition) is 7. The number of halogens is 2. The maximum absolute atomic E-state index is 17.8. The van der Waals surface area contributed by atoms with Crippen molar-refractivity contribution >= 4 is 44.5 Å². The Morgan fingerprint density at radius 1 is 1.02 bits per heavy atom. The van der Waals surface area contributed by atoms with Gasteiger partial charge in [-0.3, -0.25) is 9.59 Å². The van der Waals surface area contributed by atoms with E-state index in [9.17, 15) is 20.0 Å². The average Bonchev–Trinajstić information content (AvgIpc) is 3.89. The highest BCUT2D eigenvalue weighted by molar-refractivity contribution is 6.11. The largest absolute Gasteiger partial charge is 0.508 e. The third kappa shape index (κ3) is 5.54. The highest BCUT2D eigenvalue weighted by atomic mass is 19.1. The standard InChI is InChI=1S/C41H37F2N7O3/c1-45-41(53)27-12-6-11-26(34(27)42)37-38-40(50(39-23-18-30(39)46-20-23)31(47-38)13-14-32(52)49(2)3)29-17-22(9-7-15-44)33(35(43)36(29)48-37)28-19-24(51)16-21-8-4-5-10-25(21)28/h4-6,8,10-12,16-17,19,23,30,39,46,51H,7,9,13-14,18,20H2,1-3H3,(H,45,53). The molecule has 4 aromatic carbocycles. The first-order valence-electron chi connectivity index (χ1n) is 17.7. The Morgan fingerprint density at radius 2 is 1.83 bits per heavy atom. The van der Waals surface area contributed by atoms with Crippen molar-refractivity contribution in [3.8, 4) is 34.2 Å². The number of rotatable bonds is 9. The number of benzene rings is 4. The maximum atomic E-state index is 17.8. The van der Waals surface area contributed by atoms with Crippen molar-refractivity contribution in [1.29, 1.82) is 5.26 Å². The minimum atomic E-state index is -0.825. The molecule has 2 aromatic heterocycles. The molecule has 268 valence electrons. The van der Waals surface area contributed by atoms with E-state index in [2.05, 4.69) is 21.3 Å². The van der Waals surface area contributed by atoms with Crippen molar-refractivity contribution < 1.29 is 23.5 Å². The van der Waals surface area contributed by atoms with Crippen molar-refractivity contribution in [1.82, 2.24) is 30.1 Å². The molecule has 0 spiro atoms. The van der Waals surface area contributed by atoms with Gasteiger partial charge in [-0.1, -0.05) is 30.3 Å². The summed E-state index contributed by atoms with van der Waals surface area (Å²) in [5, 5.41) is 28.4. The molecule has 1 aliphatic carbocycles. The number of imidazole rings is 1. The molecule has 2 aliphatic heterocycles. The Hall–Kier alpha value is -5.93. The first-order chi connectivity index (χ1) is 25.6. The zero-order valence-corrected chi connectivity index (χ0v) is 29.5. The molecule has 12 heteroatoms. The van der Waals surface area contributed by atoms with E-state index in [-0.39, 0.29) is 83.2 Å². The number of nitrogens with one attached hydrogen (secondary N) is 2. The van der Waals surface area contributed by atoms with Gasteiger partial charge in [-0.2, -0.15) is 5.26 Å². The van der Waals surface area contributed by atoms with Gasteiger partial charge in [-0.25, -0.2) is 18.7 Å². The average molecular weight is 714 g/mol. The molecule has 2 saturated heterocycles. The van der Waals surface area contributed by atoms with Crippen LogP contribution < -0.4 is 10.6 Å². The summed E-state index contributed by atoms with van der Waals surface area (Å²) in [5.74, 6) is -1.42. The molecule has 0 radical (unpaired) electrons. The fourth-order valence-electron chi connectivity index (χ4n) is 8.22. The number of aromatic hydroxyl groups is 1. The number of hydrogen-bond donors (Lipinski definition) is 3. The first-order valence-corrected chi connectivity index (χ1v) is 17.7. The van der Waals surface area contributed by atoms with Crippen LogP contribution in [-0.4, -0.2) is 70.1 Å². The minimum Gasteiger partial charge on any atom is -0.508 e. The molecule has 3 atom stereocenters. The number of phenols is 1. The first kappa shape index (κ1) is 34.2. The SMILES string of the molecule is CNC(=O)c1cccc(-c2nc3c(F)c(-c4cc(O)cc5ccccc45)c(CCC#N)cc3c3c2nc(CCC(=O)N(C)C)n3C2C3CNC2C3)c1F. The molecular weight excluding hydrogens is 676 g/mol. The second kappa shape index (κ2) is 13.2. The smallest absolute Gasteiger partial charge is 0.254 e. The van der Waals surface area contributed by atoms with Crippen molar-refractivity contribution in [3.05, 3.63) is 89.2 Å². The van der Waals surface area contributed by atoms with Crippen LogP contribution in [0.2, 0.25) is 0 Å². The quantitative estimate of drug-likeness (QED) is 0.157. The third-order valence-corrected chi connectivity index (χ3v) is 10.8. The van der Waals surface area contributed by atoms with Crippen LogP contribution in [0.5, 0.6) is 5.75 Å². The van der Waals surface area contributed by atoms with Crippen LogP contribution in [0.4, 0.5) is 8.78 Å². The van der Waals surface area contributed by atoms with Crippen LogP contribution in [0.25, 0.3) is 55.1 Å². The highest BCUT2D eigenvalue weighted by Crippen LogP contribution is 2.49. The van der Waals surface area contributed by atoms with Gasteiger partial charge in [0, 0.05) is 69.5 Å². The molecule has 1 saturated carbocycles. The molecule has 9 rings (SSSR count). The van der Waals surface area contributed by atoms with Crippen LogP contribution >= 0.6 is 0 Å². The van der Waals surface area contributed by atoms with Gasteiger partial charge in [0.25, 0.3) is 5.91 Å². The Bertz CT molecular complexity index is 2530. The summed E-state index contributed by atoms with van der Waals surface area (Å²) < 4.78 is 36.3. The number of nitrogens with zero attached hydrogens (tertiary/aromatic N) is 5. The number of pyridine rings is 1. The lowest BCUT2D eigenvalue weighted by Crippen LogP contribution is -2.39. The fourth-order valence-corrected chi connectivity index (χ4v) is 8.22. The monoisotopic (exact) mass is 713 g/mol. The lowest BCUT2D eigenvalue weighted by molar-refractivity contribution is -0.128. The third-order valence-electron chi connectivity index (χ3n) is 10.8. The molecule has 4 heterocycles. The Kier molecular flexibility index (Phi) is 8.54. The summed E-state index contributed by atoms with van der Waals surface area (Å²) in [6, 6.07) is 19.0. The molecule has 2 amide bonds. The molecule has 2 bridgehead atoms. The normalized spacial score (nSPS) is 17.6. The molecule has 3 aliphatic rings. The van der Waals surface area contributed by atoms with E-state index in [1.165, 1.54) is 30.1 Å². The zero-order valence-electron chi connectivity index (χ0n) is 29.5. The Labute approximate surface area is 304 Å². The van der Waals surface area contributed by atoms with E-state index < -0.39 is 17.5 Å². The maximum Gasteiger partial charge on any atom is 0.254 e. The number of fused-ring (bicyclic) bond motifs is 5. The lowest BCUT2D eigenvalue weighted by atomic mass is 9.79. The molecule has 3 N–H and O–H groups in total. The minimum absolute atomic E-state index is 0.0226. The second-order valence-electron chi connectivity index (χ2n) is 14.1. The Balaban J connectivity index is 1.51. The van der Waals surface area contributed by atoms with Crippen molar-refractivity contribution in [2.75, 3.05) is 27.7 Å². The van der Waals surface area contributed by atoms with Crippen LogP contribution in [0.1, 0.15) is 47.1 Å². The van der Waals surface area contributed by atoms with E-state index in [1.807, 2.05) is 30.3 Å². The predicted molar refractivity (Wildman–Crippen MR) is 198 cm³/mol. The van der Waals surface area contributed by atoms with E-state index in [1.54, 1.807) is 26.2 Å². The molecule has 10 nitrogen and oxygen atoms in total. The topological polar surface area (TPSA) is 136 Å². The molecule has 3 fully saturated rings. The summed E-state index contributed by atoms with van der Waals surface area (Å²) in [6.07, 6.45) is 1.72. The van der Waals surface area contributed by atoms with Gasteiger partial charge >= 0.3 is 0 Å².